The van der Waals surface area contributed by atoms with E-state index in [0.29, 0.717) is 37.5 Å². The molecule has 0 spiro atoms. The normalized spacial score (nSPS) is 12.4. The van der Waals surface area contributed by atoms with Crippen molar-refractivity contribution in [2.45, 2.75) is 39.2 Å². The summed E-state index contributed by atoms with van der Waals surface area (Å²) in [6.45, 7) is 3.67. The molecule has 0 saturated heterocycles. The first kappa shape index (κ1) is 12.6. The first-order valence-corrected chi connectivity index (χ1v) is 5.32. The Morgan fingerprint density at radius 3 is 2.94 bits per heavy atom. The van der Waals surface area contributed by atoms with Crippen LogP contribution in [0.5, 0.6) is 0 Å². The van der Waals surface area contributed by atoms with E-state index >= 15 is 0 Å². The van der Waals surface area contributed by atoms with Gasteiger partial charge in [-0.25, -0.2) is 0 Å². The van der Waals surface area contributed by atoms with E-state index in [4.69, 9.17) is 9.63 Å². The van der Waals surface area contributed by atoms with Crippen LogP contribution in [0, 0.1) is 6.92 Å². The second-order valence-corrected chi connectivity index (χ2v) is 3.74. The van der Waals surface area contributed by atoms with Gasteiger partial charge in [0.1, 0.15) is 0 Å². The van der Waals surface area contributed by atoms with Crippen molar-refractivity contribution >= 4 is 5.91 Å². The van der Waals surface area contributed by atoms with Crippen molar-refractivity contribution < 1.29 is 14.4 Å². The van der Waals surface area contributed by atoms with E-state index in [1.54, 1.807) is 13.8 Å². The van der Waals surface area contributed by atoms with E-state index in [9.17, 15) is 4.79 Å². The number of amides is 1. The van der Waals surface area contributed by atoms with Crippen LogP contribution in [-0.4, -0.2) is 33.8 Å². The maximum absolute atomic E-state index is 11.3. The largest absolute Gasteiger partial charge is 0.392 e. The summed E-state index contributed by atoms with van der Waals surface area (Å²) < 4.78 is 4.91. The van der Waals surface area contributed by atoms with Gasteiger partial charge in [-0.2, -0.15) is 4.98 Å². The van der Waals surface area contributed by atoms with E-state index < -0.39 is 6.10 Å². The summed E-state index contributed by atoms with van der Waals surface area (Å²) in [5, 5.41) is 15.2. The highest BCUT2D eigenvalue weighted by Crippen LogP contribution is 2.02. The molecule has 0 fully saturated rings. The minimum atomic E-state index is -0.512. The lowest BCUT2D eigenvalue weighted by Crippen LogP contribution is -2.30. The van der Waals surface area contributed by atoms with E-state index in [0.717, 1.165) is 0 Å². The number of nitrogens with one attached hydrogen (secondary N) is 1. The third-order valence-electron chi connectivity index (χ3n) is 1.96. The highest BCUT2D eigenvalue weighted by atomic mass is 16.5. The van der Waals surface area contributed by atoms with Crippen molar-refractivity contribution in [2.75, 3.05) is 6.54 Å². The van der Waals surface area contributed by atoms with E-state index in [1.807, 2.05) is 0 Å². The summed E-state index contributed by atoms with van der Waals surface area (Å²) in [6, 6.07) is 0. The lowest BCUT2D eigenvalue weighted by molar-refractivity contribution is -0.121. The number of carbonyl (C=O) groups is 1. The molecule has 0 aliphatic rings. The van der Waals surface area contributed by atoms with Crippen LogP contribution in [-0.2, 0) is 11.2 Å². The van der Waals surface area contributed by atoms with Gasteiger partial charge in [-0.3, -0.25) is 4.79 Å². The minimum Gasteiger partial charge on any atom is -0.392 e. The summed E-state index contributed by atoms with van der Waals surface area (Å²) in [5.41, 5.74) is 0. The van der Waals surface area contributed by atoms with Crippen LogP contribution in [0.4, 0.5) is 0 Å². The molecule has 0 aliphatic carbocycles. The average Bonchev–Trinajstić information content (AvgIpc) is 2.61. The number of aryl methyl sites for hydroxylation is 2. The molecule has 1 aromatic heterocycles. The topological polar surface area (TPSA) is 88.2 Å². The molecule has 0 aliphatic heterocycles. The zero-order valence-corrected chi connectivity index (χ0v) is 9.56. The molecule has 1 rings (SSSR count). The van der Waals surface area contributed by atoms with Crippen molar-refractivity contribution in [3.8, 4) is 0 Å². The fourth-order valence-electron chi connectivity index (χ4n) is 1.19. The summed E-state index contributed by atoms with van der Waals surface area (Å²) in [6.07, 6.45) is 1.15. The Balaban J connectivity index is 2.13. The fourth-order valence-corrected chi connectivity index (χ4v) is 1.19. The monoisotopic (exact) mass is 227 g/mol. The van der Waals surface area contributed by atoms with E-state index in [-0.39, 0.29) is 5.91 Å². The quantitative estimate of drug-likeness (QED) is 0.724. The van der Waals surface area contributed by atoms with Gasteiger partial charge in [0.2, 0.25) is 11.8 Å². The van der Waals surface area contributed by atoms with Crippen LogP contribution in [0.1, 0.15) is 31.5 Å². The zero-order chi connectivity index (χ0) is 12.0. The van der Waals surface area contributed by atoms with Gasteiger partial charge in [0.25, 0.3) is 0 Å². The van der Waals surface area contributed by atoms with Crippen molar-refractivity contribution in [3.05, 3.63) is 11.7 Å². The molecular formula is C10H17N3O3. The van der Waals surface area contributed by atoms with Gasteiger partial charge in [0.15, 0.2) is 5.82 Å². The second-order valence-electron chi connectivity index (χ2n) is 3.74. The molecule has 0 bridgehead atoms. The summed E-state index contributed by atoms with van der Waals surface area (Å²) >= 11 is 0. The number of aliphatic hydroxyl groups is 1. The molecule has 1 aromatic rings. The number of nitrogens with zero attached hydrogens (tertiary/aromatic N) is 2. The Hall–Kier alpha value is -1.43. The summed E-state index contributed by atoms with van der Waals surface area (Å²) in [4.78, 5) is 15.3. The fraction of sp³-hybridized carbons (Fsp3) is 0.700. The summed E-state index contributed by atoms with van der Waals surface area (Å²) in [7, 11) is 0. The molecule has 0 radical (unpaired) electrons. The number of carbonyl (C=O) groups excluding carboxylic acids is 1. The summed E-state index contributed by atoms with van der Waals surface area (Å²) in [5.74, 6) is 1.09. The first-order chi connectivity index (χ1) is 7.58. The molecule has 0 saturated carbocycles. The average molecular weight is 227 g/mol. The lowest BCUT2D eigenvalue weighted by atomic mass is 10.2. The van der Waals surface area contributed by atoms with Gasteiger partial charge in [0, 0.05) is 19.4 Å². The maximum Gasteiger partial charge on any atom is 0.226 e. The van der Waals surface area contributed by atoms with Gasteiger partial charge in [-0.05, 0) is 20.3 Å². The van der Waals surface area contributed by atoms with Crippen molar-refractivity contribution in [2.24, 2.45) is 0 Å². The Morgan fingerprint density at radius 2 is 2.38 bits per heavy atom. The smallest absolute Gasteiger partial charge is 0.226 e. The Labute approximate surface area is 94.0 Å². The van der Waals surface area contributed by atoms with Gasteiger partial charge < -0.3 is 14.9 Å². The van der Waals surface area contributed by atoms with Crippen LogP contribution in [0.3, 0.4) is 0 Å². The molecule has 90 valence electrons. The lowest BCUT2D eigenvalue weighted by Gasteiger charge is -2.05. The van der Waals surface area contributed by atoms with Gasteiger partial charge in [-0.1, -0.05) is 5.16 Å². The third kappa shape index (κ3) is 4.88. The number of rotatable bonds is 6. The number of aromatic nitrogens is 2. The van der Waals surface area contributed by atoms with Crippen LogP contribution in [0.25, 0.3) is 0 Å². The van der Waals surface area contributed by atoms with E-state index in [1.165, 1.54) is 0 Å². The van der Waals surface area contributed by atoms with Crippen LogP contribution in [0.2, 0.25) is 0 Å². The molecule has 6 nitrogen and oxygen atoms in total. The van der Waals surface area contributed by atoms with Crippen LogP contribution >= 0.6 is 0 Å². The molecular weight excluding hydrogens is 210 g/mol. The Kier molecular flexibility index (Phi) is 4.91. The van der Waals surface area contributed by atoms with Gasteiger partial charge in [-0.15, -0.1) is 0 Å². The van der Waals surface area contributed by atoms with Crippen molar-refractivity contribution in [1.82, 2.24) is 15.5 Å². The minimum absolute atomic E-state index is 0.0721. The second kappa shape index (κ2) is 6.22. The highest BCUT2D eigenvalue weighted by Gasteiger charge is 2.06. The number of hydrogen-bond acceptors (Lipinski definition) is 5. The number of hydrogen-bond donors (Lipinski definition) is 2. The number of aliphatic hydroxyl groups excluding tert-OH is 1. The maximum atomic E-state index is 11.3. The van der Waals surface area contributed by atoms with Gasteiger partial charge >= 0.3 is 0 Å². The predicted octanol–water partition coefficient (Wildman–Crippen LogP) is 0.198. The molecule has 6 heteroatoms. The van der Waals surface area contributed by atoms with Crippen molar-refractivity contribution in [3.63, 3.8) is 0 Å². The van der Waals surface area contributed by atoms with Crippen LogP contribution in [0.15, 0.2) is 4.52 Å². The molecule has 0 aromatic carbocycles. The van der Waals surface area contributed by atoms with E-state index in [2.05, 4.69) is 15.5 Å². The Morgan fingerprint density at radius 1 is 1.62 bits per heavy atom. The van der Waals surface area contributed by atoms with Crippen molar-refractivity contribution in [1.29, 1.82) is 0 Å². The molecule has 1 unspecified atom stereocenters. The molecule has 1 amide bonds. The standard InChI is InChI=1S/C10H17N3O3/c1-7(14)6-11-9(15)4-3-5-10-12-8(2)13-16-10/h7,14H,3-6H2,1-2H3,(H,11,15). The molecule has 16 heavy (non-hydrogen) atoms. The van der Waals surface area contributed by atoms with Gasteiger partial charge in [0.05, 0.1) is 6.10 Å². The SMILES string of the molecule is Cc1noc(CCCC(=O)NCC(C)O)n1. The third-order valence-corrected chi connectivity index (χ3v) is 1.96. The zero-order valence-electron chi connectivity index (χ0n) is 9.56. The molecule has 2 N–H and O–H groups in total. The Bertz CT molecular complexity index is 336. The van der Waals surface area contributed by atoms with Crippen LogP contribution < -0.4 is 5.32 Å². The predicted molar refractivity (Wildman–Crippen MR) is 56.7 cm³/mol. The molecule has 1 heterocycles. The first-order valence-electron chi connectivity index (χ1n) is 5.32. The molecule has 1 atom stereocenters. The highest BCUT2D eigenvalue weighted by molar-refractivity contribution is 5.75.